The van der Waals surface area contributed by atoms with Gasteiger partial charge >= 0.3 is 5.97 Å². The van der Waals surface area contributed by atoms with E-state index in [-0.39, 0.29) is 35.7 Å². The second kappa shape index (κ2) is 8.66. The molecule has 0 radical (unpaired) electrons. The molecule has 3 aromatic rings. The Kier molecular flexibility index (Phi) is 6.65. The number of carbonyl (C=O) groups is 1. The van der Waals surface area contributed by atoms with Gasteiger partial charge in [0, 0.05) is 17.3 Å². The van der Waals surface area contributed by atoms with Crippen molar-refractivity contribution < 1.29 is 9.53 Å². The fraction of sp³-hybridized carbons (Fsp3) is 0.0526. The van der Waals surface area contributed by atoms with Gasteiger partial charge in [0.1, 0.15) is 0 Å². The number of rotatable bonds is 3. The number of hydrogen-bond donors (Lipinski definition) is 0. The Labute approximate surface area is 191 Å². The fourth-order valence-corrected chi connectivity index (χ4v) is 3.84. The summed E-state index contributed by atoms with van der Waals surface area (Å²) in [5, 5.41) is 1.36. The maximum absolute atomic E-state index is 12.4. The van der Waals surface area contributed by atoms with Crippen LogP contribution in [0.1, 0.15) is 10.4 Å². The lowest BCUT2D eigenvalue weighted by Crippen LogP contribution is -2.06. The number of ether oxygens (including phenoxy) is 1. The minimum atomic E-state index is -0.563. The first-order valence-corrected chi connectivity index (χ1v) is 9.88. The van der Waals surface area contributed by atoms with Crippen LogP contribution in [0.4, 0.5) is 0 Å². The first kappa shape index (κ1) is 21.5. The molecule has 0 atom stereocenters. The van der Waals surface area contributed by atoms with Crippen molar-refractivity contribution in [3.63, 3.8) is 0 Å². The van der Waals surface area contributed by atoms with Crippen molar-refractivity contribution in [2.45, 2.75) is 0 Å². The van der Waals surface area contributed by atoms with Crippen molar-refractivity contribution in [3.05, 3.63) is 72.2 Å². The Morgan fingerprint density at radius 1 is 0.821 bits per heavy atom. The third-order valence-corrected chi connectivity index (χ3v) is 6.28. The van der Waals surface area contributed by atoms with Crippen molar-refractivity contribution in [2.75, 3.05) is 7.11 Å². The zero-order chi connectivity index (χ0) is 20.6. The molecule has 0 aliphatic heterocycles. The standard InChI is InChI=1S/C19H9Cl6NO2/c1-28-19(27)10-2-3-26-18(9-6-13(22)17(25)14(23)7-9)15(10)8-4-11(20)16(24)12(21)5-8/h2-7H,1H3. The van der Waals surface area contributed by atoms with Crippen LogP contribution < -0.4 is 0 Å². The second-order valence-corrected chi connectivity index (χ2v) is 7.97. The second-order valence-electron chi connectivity index (χ2n) is 5.58. The van der Waals surface area contributed by atoms with Gasteiger partial charge in [-0.25, -0.2) is 4.79 Å². The Balaban J connectivity index is 2.38. The molecule has 1 aromatic heterocycles. The number of esters is 1. The van der Waals surface area contributed by atoms with Gasteiger partial charge in [0.05, 0.1) is 48.5 Å². The number of halogens is 6. The van der Waals surface area contributed by atoms with Crippen LogP contribution in [0.2, 0.25) is 30.1 Å². The number of carbonyl (C=O) groups excluding carboxylic acids is 1. The third kappa shape index (κ3) is 4.06. The van der Waals surface area contributed by atoms with E-state index in [1.807, 2.05) is 0 Å². The van der Waals surface area contributed by atoms with Crippen LogP contribution in [0.15, 0.2) is 36.5 Å². The van der Waals surface area contributed by atoms with Gasteiger partial charge in [-0.05, 0) is 35.9 Å². The van der Waals surface area contributed by atoms with Crippen LogP contribution >= 0.6 is 69.6 Å². The molecular formula is C19H9Cl6NO2. The third-order valence-electron chi connectivity index (χ3n) is 3.89. The summed E-state index contributed by atoms with van der Waals surface area (Å²) in [7, 11) is 1.28. The Morgan fingerprint density at radius 3 is 1.75 bits per heavy atom. The van der Waals surface area contributed by atoms with E-state index in [1.54, 1.807) is 24.3 Å². The lowest BCUT2D eigenvalue weighted by Gasteiger charge is -2.15. The molecule has 0 saturated carbocycles. The molecule has 0 amide bonds. The Hall–Kier alpha value is -1.20. The number of benzene rings is 2. The first-order chi connectivity index (χ1) is 13.2. The van der Waals surface area contributed by atoms with E-state index in [0.717, 1.165) is 0 Å². The van der Waals surface area contributed by atoms with Gasteiger partial charge in [0.25, 0.3) is 0 Å². The van der Waals surface area contributed by atoms with E-state index in [4.69, 9.17) is 74.3 Å². The predicted octanol–water partition coefficient (Wildman–Crippen LogP) is 8.12. The molecule has 3 rings (SSSR count). The van der Waals surface area contributed by atoms with E-state index in [0.29, 0.717) is 22.4 Å². The molecule has 0 aliphatic rings. The van der Waals surface area contributed by atoms with E-state index < -0.39 is 5.97 Å². The largest absolute Gasteiger partial charge is 0.465 e. The van der Waals surface area contributed by atoms with Crippen molar-refractivity contribution >= 4 is 75.6 Å². The summed E-state index contributed by atoms with van der Waals surface area (Å²) >= 11 is 36.8. The lowest BCUT2D eigenvalue weighted by molar-refractivity contribution is 0.0601. The van der Waals surface area contributed by atoms with E-state index in [1.165, 1.54) is 19.4 Å². The minimum Gasteiger partial charge on any atom is -0.465 e. The Morgan fingerprint density at radius 2 is 1.29 bits per heavy atom. The average Bonchev–Trinajstić information content (AvgIpc) is 2.68. The van der Waals surface area contributed by atoms with Gasteiger partial charge < -0.3 is 4.74 Å². The van der Waals surface area contributed by atoms with E-state index in [2.05, 4.69) is 4.98 Å². The van der Waals surface area contributed by atoms with E-state index >= 15 is 0 Å². The van der Waals surface area contributed by atoms with Crippen molar-refractivity contribution in [1.29, 1.82) is 0 Å². The monoisotopic (exact) mass is 493 g/mol. The highest BCUT2D eigenvalue weighted by Crippen LogP contribution is 2.42. The number of nitrogens with zero attached hydrogens (tertiary/aromatic N) is 1. The topological polar surface area (TPSA) is 39.2 Å². The smallest absolute Gasteiger partial charge is 0.338 e. The normalized spacial score (nSPS) is 10.8. The van der Waals surface area contributed by atoms with Crippen LogP contribution in [0.25, 0.3) is 22.4 Å². The van der Waals surface area contributed by atoms with Crippen LogP contribution in [0.5, 0.6) is 0 Å². The molecule has 0 aliphatic carbocycles. The van der Waals surface area contributed by atoms with Gasteiger partial charge in [-0.15, -0.1) is 0 Å². The summed E-state index contributed by atoms with van der Waals surface area (Å²) < 4.78 is 4.91. The molecule has 0 spiro atoms. The van der Waals surface area contributed by atoms with Gasteiger partial charge in [-0.3, -0.25) is 4.98 Å². The Bertz CT molecular complexity index is 1050. The molecule has 1 heterocycles. The maximum atomic E-state index is 12.4. The molecule has 0 saturated heterocycles. The molecule has 0 bridgehead atoms. The molecule has 0 unspecified atom stereocenters. The number of methoxy groups -OCH3 is 1. The molecule has 0 fully saturated rings. The highest BCUT2D eigenvalue weighted by Gasteiger charge is 2.22. The molecule has 2 aromatic carbocycles. The number of aromatic nitrogens is 1. The minimum absolute atomic E-state index is 0.203. The van der Waals surface area contributed by atoms with Crippen molar-refractivity contribution in [2.24, 2.45) is 0 Å². The fourth-order valence-electron chi connectivity index (χ4n) is 2.65. The lowest BCUT2D eigenvalue weighted by atomic mass is 9.94. The highest BCUT2D eigenvalue weighted by atomic mass is 35.5. The van der Waals surface area contributed by atoms with Gasteiger partial charge in [-0.1, -0.05) is 69.6 Å². The first-order valence-electron chi connectivity index (χ1n) is 7.61. The zero-order valence-corrected chi connectivity index (χ0v) is 18.5. The number of hydrogen-bond acceptors (Lipinski definition) is 3. The van der Waals surface area contributed by atoms with Crippen LogP contribution in [0.3, 0.4) is 0 Å². The van der Waals surface area contributed by atoms with Crippen molar-refractivity contribution in [3.8, 4) is 22.4 Å². The van der Waals surface area contributed by atoms with Gasteiger partial charge in [0.2, 0.25) is 0 Å². The van der Waals surface area contributed by atoms with Crippen molar-refractivity contribution in [1.82, 2.24) is 4.98 Å². The molecule has 144 valence electrons. The zero-order valence-electron chi connectivity index (χ0n) is 14.0. The maximum Gasteiger partial charge on any atom is 0.338 e. The average molecular weight is 496 g/mol. The summed E-state index contributed by atoms with van der Waals surface area (Å²) in [5.41, 5.74) is 2.17. The summed E-state index contributed by atoms with van der Waals surface area (Å²) in [5.74, 6) is -0.563. The van der Waals surface area contributed by atoms with Crippen LogP contribution in [-0.4, -0.2) is 18.1 Å². The summed E-state index contributed by atoms with van der Waals surface area (Å²) in [4.78, 5) is 16.8. The summed E-state index contributed by atoms with van der Waals surface area (Å²) in [6.07, 6.45) is 1.47. The van der Waals surface area contributed by atoms with E-state index in [9.17, 15) is 4.79 Å². The molecule has 3 nitrogen and oxygen atoms in total. The molecule has 0 N–H and O–H groups in total. The van der Waals surface area contributed by atoms with Gasteiger partial charge in [-0.2, -0.15) is 0 Å². The van der Waals surface area contributed by atoms with Crippen LogP contribution in [0, 0.1) is 0 Å². The molecule has 28 heavy (non-hydrogen) atoms. The SMILES string of the molecule is COC(=O)c1ccnc(-c2cc(Cl)c(Cl)c(Cl)c2)c1-c1cc(Cl)c(Cl)c(Cl)c1. The predicted molar refractivity (Wildman–Crippen MR) is 117 cm³/mol. The molecular weight excluding hydrogens is 487 g/mol. The highest BCUT2D eigenvalue weighted by molar-refractivity contribution is 6.49. The number of pyridine rings is 1. The summed E-state index contributed by atoms with van der Waals surface area (Å²) in [6.45, 7) is 0. The van der Waals surface area contributed by atoms with Gasteiger partial charge in [0.15, 0.2) is 0 Å². The van der Waals surface area contributed by atoms with Crippen LogP contribution in [-0.2, 0) is 4.74 Å². The molecule has 9 heteroatoms. The quantitative estimate of drug-likeness (QED) is 0.272. The summed E-state index contributed by atoms with van der Waals surface area (Å²) in [6, 6.07) is 7.90.